The van der Waals surface area contributed by atoms with Gasteiger partial charge in [-0.3, -0.25) is 14.9 Å². The van der Waals surface area contributed by atoms with Crippen molar-refractivity contribution >= 4 is 17.3 Å². The fourth-order valence-corrected chi connectivity index (χ4v) is 2.13. The first-order valence-corrected chi connectivity index (χ1v) is 5.29. The van der Waals surface area contributed by atoms with E-state index < -0.39 is 4.92 Å². The number of nitro benzene ring substituents is 1. The van der Waals surface area contributed by atoms with E-state index in [-0.39, 0.29) is 23.4 Å². The first-order chi connectivity index (χ1) is 8.16. The highest BCUT2D eigenvalue weighted by molar-refractivity contribution is 6.09. The maximum absolute atomic E-state index is 11.3. The molecule has 0 saturated heterocycles. The number of carbonyl (C=O) groups is 1. The Kier molecular flexibility index (Phi) is 1.98. The van der Waals surface area contributed by atoms with Gasteiger partial charge in [-0.1, -0.05) is 12.1 Å². The summed E-state index contributed by atoms with van der Waals surface area (Å²) < 4.78 is 0. The molecule has 6 nitrogen and oxygen atoms in total. The zero-order chi connectivity index (χ0) is 12.0. The van der Waals surface area contributed by atoms with Crippen LogP contribution in [0.25, 0.3) is 0 Å². The number of carbonyl (C=O) groups excluding carboxylic acids is 1. The molecule has 2 atom stereocenters. The zero-order valence-corrected chi connectivity index (χ0v) is 8.79. The second kappa shape index (κ2) is 3.38. The third kappa shape index (κ3) is 1.57. The molecule has 3 rings (SSSR count). The summed E-state index contributed by atoms with van der Waals surface area (Å²) in [5.41, 5.74) is 3.95. The molecule has 0 aromatic heterocycles. The van der Waals surface area contributed by atoms with Gasteiger partial charge in [0.15, 0.2) is 0 Å². The summed E-state index contributed by atoms with van der Waals surface area (Å²) in [6.45, 7) is 0. The number of fused-ring (bicyclic) bond motifs is 1. The lowest BCUT2D eigenvalue weighted by Gasteiger charge is -2.11. The van der Waals surface area contributed by atoms with Gasteiger partial charge in [0, 0.05) is 29.5 Å². The van der Waals surface area contributed by atoms with E-state index in [0.29, 0.717) is 5.56 Å². The Hall–Kier alpha value is -2.24. The lowest BCUT2D eigenvalue weighted by atomic mass is 10.0. The number of benzene rings is 1. The van der Waals surface area contributed by atoms with E-state index in [4.69, 9.17) is 0 Å². The average molecular weight is 231 g/mol. The molecule has 0 radical (unpaired) electrons. The van der Waals surface area contributed by atoms with Crippen LogP contribution in [0.3, 0.4) is 0 Å². The van der Waals surface area contributed by atoms with Crippen LogP contribution < -0.4 is 5.43 Å². The van der Waals surface area contributed by atoms with Gasteiger partial charge in [-0.25, -0.2) is 5.43 Å². The number of rotatable bonds is 2. The molecule has 1 aromatic carbocycles. The van der Waals surface area contributed by atoms with Gasteiger partial charge in [0.05, 0.1) is 10.6 Å². The molecule has 1 N–H and O–H groups in total. The van der Waals surface area contributed by atoms with E-state index in [2.05, 4.69) is 10.5 Å². The van der Waals surface area contributed by atoms with Crippen molar-refractivity contribution < 1.29 is 9.72 Å². The highest BCUT2D eigenvalue weighted by Gasteiger charge is 2.49. The largest absolute Gasteiger partial charge is 0.273 e. The molecule has 1 aromatic rings. The molecule has 1 amide bonds. The van der Waals surface area contributed by atoms with Crippen molar-refractivity contribution in [1.29, 1.82) is 0 Å². The van der Waals surface area contributed by atoms with Crippen LogP contribution in [0.4, 0.5) is 5.69 Å². The van der Waals surface area contributed by atoms with Crippen LogP contribution in [-0.2, 0) is 4.79 Å². The number of nitrogens with one attached hydrogen (secondary N) is 1. The fraction of sp³-hybridized carbons (Fsp3) is 0.273. The Labute approximate surface area is 96.5 Å². The predicted molar refractivity (Wildman–Crippen MR) is 59.4 cm³/mol. The molecule has 0 bridgehead atoms. The topological polar surface area (TPSA) is 84.6 Å². The number of nitrogens with zero attached hydrogens (tertiary/aromatic N) is 2. The van der Waals surface area contributed by atoms with Crippen LogP contribution in [0.15, 0.2) is 29.4 Å². The maximum atomic E-state index is 11.3. The summed E-state index contributed by atoms with van der Waals surface area (Å²) >= 11 is 0. The van der Waals surface area contributed by atoms with E-state index >= 15 is 0 Å². The number of hydrogen-bond donors (Lipinski definition) is 1. The Bertz CT molecular complexity index is 553. The SMILES string of the molecule is O=C1NN=C(c2cccc([N+](=O)[O-])c2)C2CC12. The summed E-state index contributed by atoms with van der Waals surface area (Å²) in [6.07, 6.45) is 0.785. The number of non-ortho nitro benzene ring substituents is 1. The summed E-state index contributed by atoms with van der Waals surface area (Å²) in [7, 11) is 0. The molecular formula is C11H9N3O3. The highest BCUT2D eigenvalue weighted by Crippen LogP contribution is 2.43. The maximum Gasteiger partial charge on any atom is 0.270 e. The first kappa shape index (κ1) is 9.95. The van der Waals surface area contributed by atoms with Gasteiger partial charge < -0.3 is 0 Å². The number of amides is 1. The Morgan fingerprint density at radius 1 is 1.41 bits per heavy atom. The van der Waals surface area contributed by atoms with Crippen LogP contribution in [0.5, 0.6) is 0 Å². The molecule has 1 saturated carbocycles. The minimum atomic E-state index is -0.435. The summed E-state index contributed by atoms with van der Waals surface area (Å²) in [4.78, 5) is 21.5. The van der Waals surface area contributed by atoms with Gasteiger partial charge in [0.2, 0.25) is 5.91 Å². The van der Waals surface area contributed by atoms with Crippen molar-refractivity contribution in [2.24, 2.45) is 16.9 Å². The third-order valence-electron chi connectivity index (χ3n) is 3.12. The minimum absolute atomic E-state index is 0.00163. The van der Waals surface area contributed by atoms with Crippen molar-refractivity contribution in [2.75, 3.05) is 0 Å². The van der Waals surface area contributed by atoms with Gasteiger partial charge in [-0.2, -0.15) is 5.10 Å². The Balaban J connectivity index is 1.97. The number of nitro groups is 1. The van der Waals surface area contributed by atoms with Crippen LogP contribution >= 0.6 is 0 Å². The Morgan fingerprint density at radius 3 is 3.00 bits per heavy atom. The number of hydrazone groups is 1. The van der Waals surface area contributed by atoms with Crippen LogP contribution in [0.1, 0.15) is 12.0 Å². The summed E-state index contributed by atoms with van der Waals surface area (Å²) in [5, 5.41) is 14.7. The summed E-state index contributed by atoms with van der Waals surface area (Å²) in [5.74, 6) is 0.0803. The molecule has 2 aliphatic rings. The molecule has 1 fully saturated rings. The lowest BCUT2D eigenvalue weighted by Crippen LogP contribution is -2.28. The molecule has 1 heterocycles. The van der Waals surface area contributed by atoms with Crippen molar-refractivity contribution in [2.45, 2.75) is 6.42 Å². The number of hydrogen-bond acceptors (Lipinski definition) is 4. The second-order valence-electron chi connectivity index (χ2n) is 4.23. The van der Waals surface area contributed by atoms with Crippen molar-refractivity contribution in [3.63, 3.8) is 0 Å². The van der Waals surface area contributed by atoms with Gasteiger partial charge in [0.25, 0.3) is 5.69 Å². The first-order valence-electron chi connectivity index (χ1n) is 5.29. The second-order valence-corrected chi connectivity index (χ2v) is 4.23. The minimum Gasteiger partial charge on any atom is -0.273 e. The van der Waals surface area contributed by atoms with Crippen molar-refractivity contribution in [3.05, 3.63) is 39.9 Å². The quantitative estimate of drug-likeness (QED) is 0.610. The molecule has 6 heteroatoms. The predicted octanol–water partition coefficient (Wildman–Crippen LogP) is 1.06. The van der Waals surface area contributed by atoms with Gasteiger partial charge in [-0.05, 0) is 6.42 Å². The van der Waals surface area contributed by atoms with Crippen LogP contribution in [0, 0.1) is 22.0 Å². The third-order valence-corrected chi connectivity index (χ3v) is 3.12. The van der Waals surface area contributed by atoms with E-state index in [1.807, 2.05) is 0 Å². The van der Waals surface area contributed by atoms with E-state index in [1.165, 1.54) is 12.1 Å². The lowest BCUT2D eigenvalue weighted by molar-refractivity contribution is -0.384. The van der Waals surface area contributed by atoms with E-state index in [0.717, 1.165) is 12.1 Å². The highest BCUT2D eigenvalue weighted by atomic mass is 16.6. The molecule has 1 aliphatic carbocycles. The molecule has 2 unspecified atom stereocenters. The van der Waals surface area contributed by atoms with E-state index in [9.17, 15) is 14.9 Å². The molecule has 17 heavy (non-hydrogen) atoms. The van der Waals surface area contributed by atoms with Gasteiger partial charge in [-0.15, -0.1) is 0 Å². The van der Waals surface area contributed by atoms with Crippen LogP contribution in [-0.4, -0.2) is 16.5 Å². The van der Waals surface area contributed by atoms with Crippen molar-refractivity contribution in [1.82, 2.24) is 5.43 Å². The Morgan fingerprint density at radius 2 is 2.24 bits per heavy atom. The van der Waals surface area contributed by atoms with Gasteiger partial charge in [0.1, 0.15) is 0 Å². The van der Waals surface area contributed by atoms with Gasteiger partial charge >= 0.3 is 0 Å². The molecule has 1 aliphatic heterocycles. The normalized spacial score (nSPS) is 25.6. The smallest absolute Gasteiger partial charge is 0.270 e. The zero-order valence-electron chi connectivity index (χ0n) is 8.79. The molecular weight excluding hydrogens is 222 g/mol. The van der Waals surface area contributed by atoms with E-state index in [1.54, 1.807) is 12.1 Å². The average Bonchev–Trinajstić information content (AvgIpc) is 3.10. The summed E-state index contributed by atoms with van der Waals surface area (Å²) in [6, 6.07) is 6.34. The standard InChI is InChI=1S/C11H9N3O3/c15-11-9-5-8(9)10(12-13-11)6-2-1-3-7(4-6)14(16)17/h1-4,8-9H,5H2,(H,13,15). The fourth-order valence-electron chi connectivity index (χ4n) is 2.13. The molecule has 86 valence electrons. The van der Waals surface area contributed by atoms with Crippen molar-refractivity contribution in [3.8, 4) is 0 Å². The molecule has 0 spiro atoms. The van der Waals surface area contributed by atoms with Crippen LogP contribution in [0.2, 0.25) is 0 Å². The monoisotopic (exact) mass is 231 g/mol.